The average molecular weight is 485 g/mol. The fourth-order valence-corrected chi connectivity index (χ4v) is 3.56. The summed E-state index contributed by atoms with van der Waals surface area (Å²) in [7, 11) is 0. The number of amides is 2. The number of hydrogen-bond acceptors (Lipinski definition) is 7. The molecule has 0 spiro atoms. The number of halogens is 1. The van der Waals surface area contributed by atoms with Crippen molar-refractivity contribution in [2.24, 2.45) is 5.92 Å². The molecule has 0 aliphatic carbocycles. The van der Waals surface area contributed by atoms with Crippen molar-refractivity contribution in [2.45, 2.75) is 64.8 Å². The number of hydrogen-bond donors (Lipinski definition) is 2. The Morgan fingerprint density at radius 1 is 1.12 bits per heavy atom. The first-order chi connectivity index (χ1) is 15.4. The number of esters is 1. The molecule has 184 valence electrons. The van der Waals surface area contributed by atoms with Crippen molar-refractivity contribution in [2.75, 3.05) is 13.2 Å². The Morgan fingerprint density at radius 2 is 1.73 bits per heavy atom. The van der Waals surface area contributed by atoms with Gasteiger partial charge in [-0.15, -0.1) is 0 Å². The van der Waals surface area contributed by atoms with Crippen LogP contribution in [0, 0.1) is 11.7 Å². The zero-order chi connectivity index (χ0) is 25.2. The van der Waals surface area contributed by atoms with Crippen LogP contribution < -0.4 is 15.4 Å². The number of carbonyl (C=O) groups is 4. The van der Waals surface area contributed by atoms with Crippen LogP contribution in [0.5, 0.6) is 5.75 Å². The summed E-state index contributed by atoms with van der Waals surface area (Å²) < 4.78 is 23.6. The van der Waals surface area contributed by atoms with Crippen molar-refractivity contribution in [1.29, 1.82) is 0 Å². The molecule has 33 heavy (non-hydrogen) atoms. The molecule has 1 aromatic carbocycles. The van der Waals surface area contributed by atoms with Gasteiger partial charge in [-0.1, -0.05) is 25.6 Å². The quantitative estimate of drug-likeness (QED) is 0.439. The molecule has 0 saturated heterocycles. The van der Waals surface area contributed by atoms with Crippen LogP contribution in [0.4, 0.5) is 4.39 Å². The van der Waals surface area contributed by atoms with Crippen LogP contribution in [0.2, 0.25) is 0 Å². The van der Waals surface area contributed by atoms with Crippen LogP contribution in [0.3, 0.4) is 0 Å². The van der Waals surface area contributed by atoms with E-state index in [2.05, 4.69) is 10.6 Å². The molecule has 0 saturated carbocycles. The van der Waals surface area contributed by atoms with Crippen LogP contribution in [0.1, 0.15) is 48.0 Å². The molecular formula is C23H33FN2O6S. The van der Waals surface area contributed by atoms with E-state index in [0.29, 0.717) is 5.75 Å². The Morgan fingerprint density at radius 3 is 2.24 bits per heavy atom. The first-order valence-electron chi connectivity index (χ1n) is 10.7. The second-order valence-corrected chi connectivity index (χ2v) is 9.58. The second-order valence-electron chi connectivity index (χ2n) is 8.26. The molecule has 0 bridgehead atoms. The maximum absolute atomic E-state index is 13.0. The zero-order valence-electron chi connectivity index (χ0n) is 19.9. The van der Waals surface area contributed by atoms with E-state index in [4.69, 9.17) is 9.47 Å². The summed E-state index contributed by atoms with van der Waals surface area (Å²) in [5, 5.41) is 4.42. The molecule has 0 fully saturated rings. The summed E-state index contributed by atoms with van der Waals surface area (Å²) in [4.78, 5) is 49.5. The van der Waals surface area contributed by atoms with Crippen LogP contribution in [0.15, 0.2) is 24.3 Å². The van der Waals surface area contributed by atoms with Gasteiger partial charge < -0.3 is 20.1 Å². The first kappa shape index (κ1) is 28.4. The summed E-state index contributed by atoms with van der Waals surface area (Å²) in [6.45, 7) is 9.85. The molecule has 0 aliphatic heterocycles. The van der Waals surface area contributed by atoms with Gasteiger partial charge in [0.25, 0.3) is 0 Å². The van der Waals surface area contributed by atoms with Crippen molar-refractivity contribution < 1.29 is 33.0 Å². The highest BCUT2D eigenvalue weighted by atomic mass is 32.2. The normalized spacial score (nSPS) is 13.1. The number of carbonyl (C=O) groups excluding carboxylic acids is 4. The van der Waals surface area contributed by atoms with E-state index in [9.17, 15) is 23.6 Å². The molecule has 0 heterocycles. The minimum atomic E-state index is -1.36. The minimum Gasteiger partial charge on any atom is -0.493 e. The van der Waals surface area contributed by atoms with Crippen LogP contribution >= 0.6 is 11.8 Å². The maximum Gasteiger partial charge on any atom is 0.328 e. The standard InChI is InChI=1S/C23H33FN2O6S/c1-7-31-21(29)18(12-13-32-17-10-8-16(24)9-11-17)25-22(30)23(5,6)26-20(28)19(14(2)3)33-15(4)27/h8-11,14,18-19H,7,12-13H2,1-6H3,(H,25,30)(H,26,28)/t18-,19-/m0/s1. The first-order valence-corrected chi connectivity index (χ1v) is 11.6. The maximum atomic E-state index is 13.0. The van der Waals surface area contributed by atoms with Gasteiger partial charge >= 0.3 is 5.97 Å². The molecule has 0 radical (unpaired) electrons. The fourth-order valence-electron chi connectivity index (χ4n) is 2.76. The van der Waals surface area contributed by atoms with E-state index in [1.54, 1.807) is 6.92 Å². The van der Waals surface area contributed by atoms with Gasteiger partial charge in [0.2, 0.25) is 11.8 Å². The van der Waals surface area contributed by atoms with Crippen LogP contribution in [0.25, 0.3) is 0 Å². The van der Waals surface area contributed by atoms with Crippen molar-refractivity contribution in [1.82, 2.24) is 10.6 Å². The van der Waals surface area contributed by atoms with Crippen LogP contribution in [-0.4, -0.2) is 52.9 Å². The van der Waals surface area contributed by atoms with Crippen molar-refractivity contribution in [3.63, 3.8) is 0 Å². The molecule has 2 amide bonds. The molecule has 1 aromatic rings. The highest BCUT2D eigenvalue weighted by Crippen LogP contribution is 2.21. The van der Waals surface area contributed by atoms with Gasteiger partial charge in [0.1, 0.15) is 23.1 Å². The minimum absolute atomic E-state index is 0.0624. The van der Waals surface area contributed by atoms with E-state index in [0.717, 1.165) is 11.8 Å². The average Bonchev–Trinajstić information content (AvgIpc) is 2.71. The summed E-state index contributed by atoms with van der Waals surface area (Å²) in [6, 6.07) is 4.40. The largest absolute Gasteiger partial charge is 0.493 e. The lowest BCUT2D eigenvalue weighted by atomic mass is 10.0. The van der Waals surface area contributed by atoms with Crippen LogP contribution in [-0.2, 0) is 23.9 Å². The monoisotopic (exact) mass is 484 g/mol. The SMILES string of the molecule is CCOC(=O)[C@H](CCOc1ccc(F)cc1)NC(=O)C(C)(C)NC(=O)[C@@H](SC(C)=O)C(C)C. The zero-order valence-corrected chi connectivity index (χ0v) is 20.7. The second kappa shape index (κ2) is 13.2. The third kappa shape index (κ3) is 9.81. The van der Waals surface area contributed by atoms with Crippen molar-refractivity contribution >= 4 is 34.7 Å². The Hall–Kier alpha value is -2.62. The third-order valence-corrected chi connectivity index (χ3v) is 5.87. The topological polar surface area (TPSA) is 111 Å². The van der Waals surface area contributed by atoms with Gasteiger partial charge in [0, 0.05) is 13.3 Å². The van der Waals surface area contributed by atoms with Gasteiger partial charge in [0.15, 0.2) is 5.12 Å². The lowest BCUT2D eigenvalue weighted by Crippen LogP contribution is -2.59. The van der Waals surface area contributed by atoms with Crippen molar-refractivity contribution in [3.8, 4) is 5.75 Å². The highest BCUT2D eigenvalue weighted by Gasteiger charge is 2.36. The van der Waals surface area contributed by atoms with Gasteiger partial charge in [0.05, 0.1) is 18.5 Å². The van der Waals surface area contributed by atoms with Gasteiger partial charge in [-0.05, 0) is 51.0 Å². The molecular weight excluding hydrogens is 451 g/mol. The molecule has 2 N–H and O–H groups in total. The lowest BCUT2D eigenvalue weighted by Gasteiger charge is -2.30. The van der Waals surface area contributed by atoms with Gasteiger partial charge in [-0.3, -0.25) is 14.4 Å². The summed E-state index contributed by atoms with van der Waals surface area (Å²) in [5.74, 6) is -1.79. The van der Waals surface area contributed by atoms with E-state index >= 15 is 0 Å². The predicted octanol–water partition coefficient (Wildman–Crippen LogP) is 2.84. The number of nitrogens with one attached hydrogen (secondary N) is 2. The summed E-state index contributed by atoms with van der Waals surface area (Å²) >= 11 is 0.907. The Balaban J connectivity index is 2.82. The molecule has 0 aromatic heterocycles. The molecule has 2 atom stereocenters. The number of thioether (sulfide) groups is 1. The smallest absolute Gasteiger partial charge is 0.328 e. The Bertz CT molecular complexity index is 829. The molecule has 10 heteroatoms. The summed E-state index contributed by atoms with van der Waals surface area (Å²) in [5.41, 5.74) is -1.36. The number of ether oxygens (including phenoxy) is 2. The number of benzene rings is 1. The van der Waals surface area contributed by atoms with E-state index in [-0.39, 0.29) is 30.7 Å². The van der Waals surface area contributed by atoms with E-state index in [1.165, 1.54) is 45.0 Å². The van der Waals surface area contributed by atoms with E-state index < -0.39 is 40.4 Å². The van der Waals surface area contributed by atoms with Gasteiger partial charge in [-0.25, -0.2) is 9.18 Å². The Labute approximate surface area is 198 Å². The lowest BCUT2D eigenvalue weighted by molar-refractivity contribution is -0.148. The highest BCUT2D eigenvalue weighted by molar-refractivity contribution is 8.14. The van der Waals surface area contributed by atoms with Gasteiger partial charge in [-0.2, -0.15) is 0 Å². The number of rotatable bonds is 12. The van der Waals surface area contributed by atoms with E-state index in [1.807, 2.05) is 13.8 Å². The summed E-state index contributed by atoms with van der Waals surface area (Å²) in [6.07, 6.45) is 0.0980. The molecule has 0 aliphatic rings. The fraction of sp³-hybridized carbons (Fsp3) is 0.565. The molecule has 0 unspecified atom stereocenters. The predicted molar refractivity (Wildman–Crippen MR) is 124 cm³/mol. The molecule has 8 nitrogen and oxygen atoms in total. The Kier molecular flexibility index (Phi) is 11.3. The third-order valence-electron chi connectivity index (χ3n) is 4.53. The molecule has 1 rings (SSSR count). The van der Waals surface area contributed by atoms with Crippen molar-refractivity contribution in [3.05, 3.63) is 30.1 Å².